The lowest BCUT2D eigenvalue weighted by molar-refractivity contribution is -0.143. The van der Waals surface area contributed by atoms with Crippen molar-refractivity contribution in [2.75, 3.05) is 0 Å². The summed E-state index contributed by atoms with van der Waals surface area (Å²) < 4.78 is 0. The Morgan fingerprint density at radius 2 is 1.81 bits per heavy atom. The SMILES string of the molecule is CCC(O)C(C)/C=C/C=C/C(O)CC1C=CC2CC(C)CC(C)C2C1(C)C(=O)CC(N)=O. The van der Waals surface area contributed by atoms with Crippen LogP contribution in [-0.4, -0.2) is 34.1 Å². The van der Waals surface area contributed by atoms with E-state index in [4.69, 9.17) is 5.73 Å². The van der Waals surface area contributed by atoms with E-state index in [0.717, 1.165) is 12.8 Å². The first-order valence-corrected chi connectivity index (χ1v) is 12.2. The molecular weight excluding hydrogens is 402 g/mol. The molecule has 180 valence electrons. The highest BCUT2D eigenvalue weighted by atomic mass is 16.3. The van der Waals surface area contributed by atoms with Gasteiger partial charge in [-0.3, -0.25) is 9.59 Å². The molecule has 1 saturated carbocycles. The molecule has 0 aromatic heterocycles. The zero-order valence-electron chi connectivity index (χ0n) is 20.4. The highest BCUT2D eigenvalue weighted by Crippen LogP contribution is 2.55. The maximum absolute atomic E-state index is 13.4. The Bertz CT molecular complexity index is 742. The maximum atomic E-state index is 13.4. The summed E-state index contributed by atoms with van der Waals surface area (Å²) in [5.74, 6) is 0.626. The van der Waals surface area contributed by atoms with E-state index < -0.39 is 17.4 Å². The van der Waals surface area contributed by atoms with Gasteiger partial charge in [0.2, 0.25) is 5.91 Å². The lowest BCUT2D eigenvalue weighted by atomic mass is 9.50. The van der Waals surface area contributed by atoms with Crippen LogP contribution in [0.25, 0.3) is 0 Å². The predicted octanol–water partition coefficient (Wildman–Crippen LogP) is 4.19. The molecule has 0 aliphatic heterocycles. The molecule has 0 saturated heterocycles. The number of ketones is 1. The third kappa shape index (κ3) is 6.20. The van der Waals surface area contributed by atoms with Gasteiger partial charge in [0.1, 0.15) is 5.78 Å². The fourth-order valence-corrected chi connectivity index (χ4v) is 6.20. The van der Waals surface area contributed by atoms with Crippen molar-refractivity contribution in [2.45, 2.75) is 78.9 Å². The molecule has 0 aromatic rings. The van der Waals surface area contributed by atoms with Crippen molar-refractivity contribution in [3.63, 3.8) is 0 Å². The summed E-state index contributed by atoms with van der Waals surface area (Å²) in [4.78, 5) is 25.0. The van der Waals surface area contributed by atoms with E-state index in [0.29, 0.717) is 30.6 Å². The van der Waals surface area contributed by atoms with Crippen LogP contribution in [0.15, 0.2) is 36.5 Å². The molecule has 0 heterocycles. The number of rotatable bonds is 10. The predicted molar refractivity (Wildman–Crippen MR) is 128 cm³/mol. The minimum atomic E-state index is -0.724. The molecule has 9 atom stereocenters. The minimum Gasteiger partial charge on any atom is -0.393 e. The molecule has 1 fully saturated rings. The highest BCUT2D eigenvalue weighted by molar-refractivity contribution is 6.00. The van der Waals surface area contributed by atoms with Gasteiger partial charge in [0.25, 0.3) is 0 Å². The summed E-state index contributed by atoms with van der Waals surface area (Å²) >= 11 is 0. The van der Waals surface area contributed by atoms with E-state index in [1.807, 2.05) is 32.9 Å². The van der Waals surface area contributed by atoms with Gasteiger partial charge in [-0.1, -0.05) is 71.1 Å². The monoisotopic (exact) mass is 445 g/mol. The Balaban J connectivity index is 2.21. The van der Waals surface area contributed by atoms with Gasteiger partial charge in [-0.15, -0.1) is 0 Å². The highest BCUT2D eigenvalue weighted by Gasteiger charge is 2.54. The van der Waals surface area contributed by atoms with Crippen molar-refractivity contribution in [2.24, 2.45) is 46.7 Å². The zero-order valence-corrected chi connectivity index (χ0v) is 20.4. The second-order valence-corrected chi connectivity index (χ2v) is 10.5. The second kappa shape index (κ2) is 11.4. The molecule has 5 heteroatoms. The van der Waals surface area contributed by atoms with Crippen molar-refractivity contribution in [3.8, 4) is 0 Å². The fourth-order valence-electron chi connectivity index (χ4n) is 6.20. The molecule has 2 aliphatic carbocycles. The normalized spacial score (nSPS) is 35.5. The number of primary amides is 1. The van der Waals surface area contributed by atoms with Crippen LogP contribution in [0.4, 0.5) is 0 Å². The summed E-state index contributed by atoms with van der Waals surface area (Å²) in [6.45, 7) is 10.4. The quantitative estimate of drug-likeness (QED) is 0.267. The average molecular weight is 446 g/mol. The number of carbonyl (C=O) groups is 2. The zero-order chi connectivity index (χ0) is 24.1. The molecule has 32 heavy (non-hydrogen) atoms. The largest absolute Gasteiger partial charge is 0.393 e. The average Bonchev–Trinajstić information content (AvgIpc) is 2.71. The van der Waals surface area contributed by atoms with E-state index in [1.165, 1.54) is 0 Å². The minimum absolute atomic E-state index is 0.0462. The molecule has 1 amide bonds. The maximum Gasteiger partial charge on any atom is 0.224 e. The number of hydrogen-bond acceptors (Lipinski definition) is 4. The van der Waals surface area contributed by atoms with Crippen molar-refractivity contribution in [1.29, 1.82) is 0 Å². The number of Topliss-reactive ketones (excluding diaryl/α,β-unsaturated/α-hetero) is 1. The smallest absolute Gasteiger partial charge is 0.224 e. The number of hydrogen-bond donors (Lipinski definition) is 3. The topological polar surface area (TPSA) is 101 Å². The fraction of sp³-hybridized carbons (Fsp3) is 0.704. The van der Waals surface area contributed by atoms with E-state index in [2.05, 4.69) is 26.0 Å². The summed E-state index contributed by atoms with van der Waals surface area (Å²) in [5, 5.41) is 20.6. The van der Waals surface area contributed by atoms with Crippen LogP contribution >= 0.6 is 0 Å². The Hall–Kier alpha value is -1.72. The first-order chi connectivity index (χ1) is 15.0. The van der Waals surface area contributed by atoms with Gasteiger partial charge < -0.3 is 15.9 Å². The molecule has 0 spiro atoms. The van der Waals surface area contributed by atoms with Crippen molar-refractivity contribution >= 4 is 11.7 Å². The van der Waals surface area contributed by atoms with Gasteiger partial charge in [0.15, 0.2) is 0 Å². The van der Waals surface area contributed by atoms with Gasteiger partial charge in [-0.25, -0.2) is 0 Å². The third-order valence-electron chi connectivity index (χ3n) is 7.89. The second-order valence-electron chi connectivity index (χ2n) is 10.5. The van der Waals surface area contributed by atoms with E-state index in [1.54, 1.807) is 12.2 Å². The molecule has 2 aliphatic rings. The van der Waals surface area contributed by atoms with E-state index in [-0.39, 0.29) is 36.1 Å². The lowest BCUT2D eigenvalue weighted by Crippen LogP contribution is -2.52. The summed E-state index contributed by atoms with van der Waals surface area (Å²) in [7, 11) is 0. The number of fused-ring (bicyclic) bond motifs is 1. The Kier molecular flexibility index (Phi) is 9.47. The molecule has 4 N–H and O–H groups in total. The summed E-state index contributed by atoms with van der Waals surface area (Å²) in [5.41, 5.74) is 4.68. The first-order valence-electron chi connectivity index (χ1n) is 12.2. The number of carbonyl (C=O) groups excluding carboxylic acids is 2. The van der Waals surface area contributed by atoms with Crippen LogP contribution in [0.3, 0.4) is 0 Å². The van der Waals surface area contributed by atoms with Gasteiger partial charge in [0.05, 0.1) is 18.6 Å². The molecule has 5 nitrogen and oxygen atoms in total. The van der Waals surface area contributed by atoms with Crippen molar-refractivity contribution in [1.82, 2.24) is 0 Å². The van der Waals surface area contributed by atoms with Gasteiger partial charge in [-0.05, 0) is 55.3 Å². The van der Waals surface area contributed by atoms with Crippen LogP contribution in [0.1, 0.15) is 66.7 Å². The van der Waals surface area contributed by atoms with E-state index in [9.17, 15) is 19.8 Å². The molecule has 2 rings (SSSR count). The van der Waals surface area contributed by atoms with Crippen LogP contribution in [0, 0.1) is 40.9 Å². The van der Waals surface area contributed by atoms with Gasteiger partial charge in [-0.2, -0.15) is 0 Å². The van der Waals surface area contributed by atoms with E-state index >= 15 is 0 Å². The molecule has 0 radical (unpaired) electrons. The molecular formula is C27H43NO4. The van der Waals surface area contributed by atoms with Crippen LogP contribution in [0.2, 0.25) is 0 Å². The summed E-state index contributed by atoms with van der Waals surface area (Å²) in [6.07, 6.45) is 13.5. The number of amides is 1. The Labute approximate surface area is 193 Å². The molecule has 9 unspecified atom stereocenters. The standard InChI is InChI=1S/C27H43NO4/c1-6-23(30)18(3)9-7-8-10-22(29)15-21-12-11-20-14-17(2)13-19(4)26(20)27(21,5)24(31)16-25(28)32/h7-12,17-23,26,29-30H,6,13-16H2,1-5H3,(H2,28,32)/b9-7+,10-8+. The molecule has 0 aromatic carbocycles. The number of aliphatic hydroxyl groups excluding tert-OH is 2. The number of nitrogens with two attached hydrogens (primary N) is 1. The van der Waals surface area contributed by atoms with Gasteiger partial charge >= 0.3 is 0 Å². The Morgan fingerprint density at radius 1 is 1.16 bits per heavy atom. The summed E-state index contributed by atoms with van der Waals surface area (Å²) in [6, 6.07) is 0. The van der Waals surface area contributed by atoms with Gasteiger partial charge in [0, 0.05) is 11.3 Å². The van der Waals surface area contributed by atoms with Crippen LogP contribution in [-0.2, 0) is 9.59 Å². The Morgan fingerprint density at radius 3 is 2.44 bits per heavy atom. The van der Waals surface area contributed by atoms with Crippen LogP contribution in [0.5, 0.6) is 0 Å². The van der Waals surface area contributed by atoms with Crippen molar-refractivity contribution < 1.29 is 19.8 Å². The third-order valence-corrected chi connectivity index (χ3v) is 7.89. The lowest BCUT2D eigenvalue weighted by Gasteiger charge is -2.53. The van der Waals surface area contributed by atoms with Crippen molar-refractivity contribution in [3.05, 3.63) is 36.5 Å². The first kappa shape index (κ1) is 26.5. The number of aliphatic hydroxyl groups is 2. The van der Waals surface area contributed by atoms with Crippen LogP contribution < -0.4 is 5.73 Å². The molecule has 0 bridgehead atoms. The number of allylic oxidation sites excluding steroid dienone is 4.